The summed E-state index contributed by atoms with van der Waals surface area (Å²) in [7, 11) is 1.84. The number of alkyl halides is 3. The lowest BCUT2D eigenvalue weighted by Gasteiger charge is -2.08. The molecule has 1 aromatic rings. The first-order valence-corrected chi connectivity index (χ1v) is 6.59. The smallest absolute Gasteiger partial charge is 0.346 e. The predicted octanol–water partition coefficient (Wildman–Crippen LogP) is 2.18. The van der Waals surface area contributed by atoms with Crippen molar-refractivity contribution < 1.29 is 18.0 Å². The van der Waals surface area contributed by atoms with Gasteiger partial charge in [0.25, 0.3) is 0 Å². The summed E-state index contributed by atoms with van der Waals surface area (Å²) in [5.74, 6) is -0.650. The lowest BCUT2D eigenvalue weighted by atomic mass is 10.2. The summed E-state index contributed by atoms with van der Waals surface area (Å²) in [4.78, 5) is 12.0. The third-order valence-electron chi connectivity index (χ3n) is 2.16. The molecular formula is C12H15F3N2OS. The van der Waals surface area contributed by atoms with Gasteiger partial charge in [0.1, 0.15) is 6.54 Å². The van der Waals surface area contributed by atoms with Crippen molar-refractivity contribution in [2.45, 2.75) is 17.6 Å². The number of nitrogens with one attached hydrogen (secondary N) is 2. The average Bonchev–Trinajstić information content (AvgIpc) is 2.35. The highest BCUT2D eigenvalue weighted by molar-refractivity contribution is 8.00. The van der Waals surface area contributed by atoms with Gasteiger partial charge in [-0.3, -0.25) is 4.79 Å². The predicted molar refractivity (Wildman–Crippen MR) is 69.0 cm³/mol. The van der Waals surface area contributed by atoms with Crippen LogP contribution in [0.15, 0.2) is 29.2 Å². The van der Waals surface area contributed by atoms with Gasteiger partial charge in [0.2, 0.25) is 5.91 Å². The highest BCUT2D eigenvalue weighted by atomic mass is 32.2. The molecule has 19 heavy (non-hydrogen) atoms. The SMILES string of the molecule is CNCc1ccc(SCC(=O)NCC(F)(F)F)cc1. The van der Waals surface area contributed by atoms with Crippen LogP contribution in [0.1, 0.15) is 5.56 Å². The Bertz CT molecular complexity index is 406. The largest absolute Gasteiger partial charge is 0.405 e. The van der Waals surface area contributed by atoms with Crippen LogP contribution < -0.4 is 10.6 Å². The number of hydrogen-bond donors (Lipinski definition) is 2. The van der Waals surface area contributed by atoms with Crippen molar-refractivity contribution in [3.05, 3.63) is 29.8 Å². The van der Waals surface area contributed by atoms with Gasteiger partial charge in [-0.05, 0) is 24.7 Å². The molecule has 0 saturated carbocycles. The Morgan fingerprint density at radius 3 is 2.42 bits per heavy atom. The van der Waals surface area contributed by atoms with Gasteiger partial charge in [0.05, 0.1) is 5.75 Å². The fraction of sp³-hybridized carbons (Fsp3) is 0.417. The Hall–Kier alpha value is -1.21. The van der Waals surface area contributed by atoms with Crippen LogP contribution >= 0.6 is 11.8 Å². The molecule has 0 heterocycles. The van der Waals surface area contributed by atoms with E-state index in [0.29, 0.717) is 0 Å². The second kappa shape index (κ2) is 7.40. The number of halogens is 3. The van der Waals surface area contributed by atoms with E-state index in [4.69, 9.17) is 0 Å². The molecule has 0 bridgehead atoms. The molecule has 0 spiro atoms. The molecular weight excluding hydrogens is 277 g/mol. The van der Waals surface area contributed by atoms with Crippen LogP contribution in [0.2, 0.25) is 0 Å². The zero-order valence-corrected chi connectivity index (χ0v) is 11.2. The van der Waals surface area contributed by atoms with E-state index in [1.165, 1.54) is 11.8 Å². The van der Waals surface area contributed by atoms with Gasteiger partial charge in [-0.15, -0.1) is 11.8 Å². The van der Waals surface area contributed by atoms with Crippen molar-refractivity contribution in [2.24, 2.45) is 0 Å². The van der Waals surface area contributed by atoms with Gasteiger partial charge in [-0.25, -0.2) is 0 Å². The summed E-state index contributed by atoms with van der Waals surface area (Å²) in [6, 6.07) is 7.50. The standard InChI is InChI=1S/C12H15F3N2OS/c1-16-6-9-2-4-10(5-3-9)19-7-11(18)17-8-12(13,14)15/h2-5,16H,6-8H2,1H3,(H,17,18). The molecule has 1 aromatic carbocycles. The molecule has 2 N–H and O–H groups in total. The van der Waals surface area contributed by atoms with Crippen LogP contribution in [0.3, 0.4) is 0 Å². The molecule has 0 fully saturated rings. The second-order valence-corrected chi connectivity index (χ2v) is 4.90. The van der Waals surface area contributed by atoms with Gasteiger partial charge in [-0.2, -0.15) is 13.2 Å². The third kappa shape index (κ3) is 7.07. The lowest BCUT2D eigenvalue weighted by molar-refractivity contribution is -0.136. The Kier molecular flexibility index (Phi) is 6.17. The quantitative estimate of drug-likeness (QED) is 0.790. The number of benzene rings is 1. The molecule has 0 aliphatic heterocycles. The van der Waals surface area contributed by atoms with E-state index >= 15 is 0 Å². The molecule has 0 saturated heterocycles. The zero-order valence-electron chi connectivity index (χ0n) is 10.4. The summed E-state index contributed by atoms with van der Waals surface area (Å²) in [6.45, 7) is -0.537. The number of carbonyl (C=O) groups is 1. The molecule has 106 valence electrons. The van der Waals surface area contributed by atoms with Crippen molar-refractivity contribution in [1.82, 2.24) is 10.6 Å². The van der Waals surface area contributed by atoms with Gasteiger partial charge in [-0.1, -0.05) is 12.1 Å². The van der Waals surface area contributed by atoms with E-state index in [2.05, 4.69) is 5.32 Å². The van der Waals surface area contributed by atoms with Crippen LogP contribution in [-0.4, -0.2) is 31.4 Å². The van der Waals surface area contributed by atoms with Crippen molar-refractivity contribution in [2.75, 3.05) is 19.3 Å². The molecule has 0 aliphatic carbocycles. The van der Waals surface area contributed by atoms with Crippen molar-refractivity contribution in [1.29, 1.82) is 0 Å². The van der Waals surface area contributed by atoms with E-state index in [0.717, 1.165) is 17.0 Å². The summed E-state index contributed by atoms with van der Waals surface area (Å²) < 4.78 is 35.6. The average molecular weight is 292 g/mol. The maximum absolute atomic E-state index is 11.9. The van der Waals surface area contributed by atoms with Crippen LogP contribution in [0.4, 0.5) is 13.2 Å². The molecule has 1 rings (SSSR count). The van der Waals surface area contributed by atoms with E-state index in [-0.39, 0.29) is 5.75 Å². The van der Waals surface area contributed by atoms with Crippen LogP contribution in [0.25, 0.3) is 0 Å². The van der Waals surface area contributed by atoms with Gasteiger partial charge in [0, 0.05) is 11.4 Å². The molecule has 0 radical (unpaired) electrons. The third-order valence-corrected chi connectivity index (χ3v) is 3.17. The van der Waals surface area contributed by atoms with Crippen LogP contribution in [-0.2, 0) is 11.3 Å². The summed E-state index contributed by atoms with van der Waals surface area (Å²) >= 11 is 1.21. The number of thioether (sulfide) groups is 1. The maximum Gasteiger partial charge on any atom is 0.405 e. The summed E-state index contributed by atoms with van der Waals surface area (Å²) in [6.07, 6.45) is -4.37. The highest BCUT2D eigenvalue weighted by Gasteiger charge is 2.27. The van der Waals surface area contributed by atoms with Crippen molar-refractivity contribution in [3.63, 3.8) is 0 Å². The second-order valence-electron chi connectivity index (χ2n) is 3.85. The Labute approximate surface area is 114 Å². The maximum atomic E-state index is 11.9. The number of hydrogen-bond acceptors (Lipinski definition) is 3. The number of amides is 1. The molecule has 3 nitrogen and oxygen atoms in total. The molecule has 0 atom stereocenters. The summed E-state index contributed by atoms with van der Waals surface area (Å²) in [5.41, 5.74) is 1.10. The van der Waals surface area contributed by atoms with E-state index in [1.807, 2.05) is 36.6 Å². The number of rotatable bonds is 6. The topological polar surface area (TPSA) is 41.1 Å². The first kappa shape index (κ1) is 15.8. The Morgan fingerprint density at radius 2 is 1.89 bits per heavy atom. The fourth-order valence-electron chi connectivity index (χ4n) is 1.31. The molecule has 0 aromatic heterocycles. The van der Waals surface area contributed by atoms with Gasteiger partial charge < -0.3 is 10.6 Å². The minimum absolute atomic E-state index is 0.0263. The molecule has 7 heteroatoms. The first-order chi connectivity index (χ1) is 8.90. The first-order valence-electron chi connectivity index (χ1n) is 5.60. The van der Waals surface area contributed by atoms with E-state index in [1.54, 1.807) is 0 Å². The lowest BCUT2D eigenvalue weighted by Crippen LogP contribution is -2.34. The summed E-state index contributed by atoms with van der Waals surface area (Å²) in [5, 5.41) is 4.84. The van der Waals surface area contributed by atoms with Crippen LogP contribution in [0, 0.1) is 0 Å². The molecule has 0 unspecified atom stereocenters. The highest BCUT2D eigenvalue weighted by Crippen LogP contribution is 2.18. The normalized spacial score (nSPS) is 11.4. The molecule has 0 aliphatic rings. The van der Waals surface area contributed by atoms with E-state index < -0.39 is 18.6 Å². The van der Waals surface area contributed by atoms with Gasteiger partial charge >= 0.3 is 6.18 Å². The minimum Gasteiger partial charge on any atom is -0.346 e. The number of carbonyl (C=O) groups excluding carboxylic acids is 1. The Morgan fingerprint density at radius 1 is 1.26 bits per heavy atom. The van der Waals surface area contributed by atoms with E-state index in [9.17, 15) is 18.0 Å². The molecule has 1 amide bonds. The fourth-order valence-corrected chi connectivity index (χ4v) is 2.03. The zero-order chi connectivity index (χ0) is 14.3. The van der Waals surface area contributed by atoms with Crippen molar-refractivity contribution >= 4 is 17.7 Å². The van der Waals surface area contributed by atoms with Gasteiger partial charge in [0.15, 0.2) is 0 Å². The Balaban J connectivity index is 2.33. The minimum atomic E-state index is -4.37. The van der Waals surface area contributed by atoms with Crippen molar-refractivity contribution in [3.8, 4) is 0 Å². The monoisotopic (exact) mass is 292 g/mol. The van der Waals surface area contributed by atoms with Crippen LogP contribution in [0.5, 0.6) is 0 Å².